The summed E-state index contributed by atoms with van der Waals surface area (Å²) in [6.07, 6.45) is 0. The minimum atomic E-state index is -3.51. The third kappa shape index (κ3) is 42.1. The number of hydrogen-bond donors (Lipinski definition) is 1. The molecule has 1 aromatic carbocycles. The van der Waals surface area contributed by atoms with Crippen LogP contribution in [0.3, 0.4) is 0 Å². The quantitative estimate of drug-likeness (QED) is 0.305. The Bertz CT molecular complexity index is 459. The van der Waals surface area contributed by atoms with Crippen LogP contribution in [0.1, 0.15) is 5.56 Å². The number of aliphatic hydroxyl groups is 1. The molecular weight excluding hydrogens is 476 g/mol. The van der Waals surface area contributed by atoms with Gasteiger partial charge in [0.1, 0.15) is 33.0 Å². The normalized spacial score (nSPS) is 12.8. The van der Waals surface area contributed by atoms with Gasteiger partial charge in [-0.2, -0.15) is 0 Å². The maximum Gasteiger partial charge on any atom is 1.00 e. The van der Waals surface area contributed by atoms with Crippen LogP contribution in [-0.2, 0) is 33.5 Å². The third-order valence-corrected chi connectivity index (χ3v) is 4.03. The summed E-state index contributed by atoms with van der Waals surface area (Å²) < 4.78 is 43.6. The Hall–Kier alpha value is 3.86. The van der Waals surface area contributed by atoms with Gasteiger partial charge in [-0.3, -0.25) is 8.62 Å². The van der Waals surface area contributed by atoms with Gasteiger partial charge in [0.2, 0.25) is 0 Å². The monoisotopic (exact) mass is 488 g/mol. The second-order valence-electron chi connectivity index (χ2n) is 2.85. The van der Waals surface area contributed by atoms with E-state index in [0.717, 1.165) is 5.56 Å². The van der Waals surface area contributed by atoms with Gasteiger partial charge >= 0.3 is 118 Å². The van der Waals surface area contributed by atoms with Crippen LogP contribution >= 0.6 is 33.0 Å². The van der Waals surface area contributed by atoms with Crippen LogP contribution in [0, 0.1) is 0 Å². The van der Waals surface area contributed by atoms with Gasteiger partial charge in [-0.25, -0.2) is 0 Å². The molecule has 26 heavy (non-hydrogen) atoms. The SMILES string of the molecule is O=[PH]([O-])O[PH](=O)[O-].O=[PH]([O-])O[PH](=O)[O-].OCc1ccccc1.[Na+].[Na+].[Na+].[Na+]. The number of hydrogen-bond acceptors (Lipinski definition) is 11. The molecule has 19 heteroatoms. The molecule has 0 aliphatic carbocycles. The van der Waals surface area contributed by atoms with Crippen molar-refractivity contribution in [2.45, 2.75) is 6.61 Å². The number of benzene rings is 1. The fourth-order valence-electron chi connectivity index (χ4n) is 0.720. The van der Waals surface area contributed by atoms with E-state index >= 15 is 0 Å². The van der Waals surface area contributed by atoms with E-state index in [4.69, 9.17) is 5.11 Å². The molecule has 1 N–H and O–H groups in total. The van der Waals surface area contributed by atoms with Crippen LogP contribution in [0.2, 0.25) is 0 Å². The van der Waals surface area contributed by atoms with Gasteiger partial charge in [0.25, 0.3) is 0 Å². The zero-order valence-corrected chi connectivity index (χ0v) is 26.6. The van der Waals surface area contributed by atoms with Gasteiger partial charge in [0, 0.05) is 0 Å². The Morgan fingerprint density at radius 2 is 0.962 bits per heavy atom. The molecule has 4 atom stereocenters. The average molecular weight is 488 g/mol. The molecular formula is C7H12Na4O11P4. The molecule has 0 bridgehead atoms. The fourth-order valence-corrected chi connectivity index (χ4v) is 1.81. The largest absolute Gasteiger partial charge is 1.00 e. The first-order valence-corrected chi connectivity index (χ1v) is 9.93. The Morgan fingerprint density at radius 1 is 0.692 bits per heavy atom. The molecule has 0 aliphatic rings. The molecule has 11 nitrogen and oxygen atoms in total. The predicted octanol–water partition coefficient (Wildman–Crippen LogP) is -13.8. The van der Waals surface area contributed by atoms with Crippen molar-refractivity contribution in [2.75, 3.05) is 0 Å². The van der Waals surface area contributed by atoms with Crippen molar-refractivity contribution in [3.63, 3.8) is 0 Å². The molecule has 0 radical (unpaired) electrons. The minimum Gasteiger partial charge on any atom is -0.781 e. The van der Waals surface area contributed by atoms with Gasteiger partial charge in [0.05, 0.1) is 6.61 Å². The zero-order chi connectivity index (χ0) is 17.5. The fraction of sp³-hybridized carbons (Fsp3) is 0.143. The van der Waals surface area contributed by atoms with Crippen LogP contribution in [-0.4, -0.2) is 5.11 Å². The van der Waals surface area contributed by atoms with Gasteiger partial charge in [-0.15, -0.1) is 0 Å². The Balaban J connectivity index is -0.0000000538. The molecule has 0 aromatic heterocycles. The summed E-state index contributed by atoms with van der Waals surface area (Å²) in [5.74, 6) is 0. The smallest absolute Gasteiger partial charge is 0.781 e. The summed E-state index contributed by atoms with van der Waals surface area (Å²) in [5.41, 5.74) is 0.965. The van der Waals surface area contributed by atoms with Crippen LogP contribution in [0.4, 0.5) is 0 Å². The molecule has 1 rings (SSSR count). The van der Waals surface area contributed by atoms with Crippen molar-refractivity contribution >= 4 is 33.0 Å². The maximum atomic E-state index is 9.29. The summed E-state index contributed by atoms with van der Waals surface area (Å²) >= 11 is 0. The summed E-state index contributed by atoms with van der Waals surface area (Å²) in [4.78, 5) is 37.1. The first kappa shape index (κ1) is 43.7. The Kier molecular flexibility index (Phi) is 52.2. The average Bonchev–Trinajstić information content (AvgIpc) is 2.38. The summed E-state index contributed by atoms with van der Waals surface area (Å²) in [6.45, 7) is 0.140. The molecule has 4 unspecified atom stereocenters. The van der Waals surface area contributed by atoms with Crippen LogP contribution in [0.5, 0.6) is 0 Å². The minimum absolute atomic E-state index is 0. The molecule has 0 heterocycles. The Labute approximate surface area is 241 Å². The van der Waals surface area contributed by atoms with Crippen molar-refractivity contribution in [3.8, 4) is 0 Å². The van der Waals surface area contributed by atoms with Gasteiger partial charge in [-0.1, -0.05) is 30.3 Å². The summed E-state index contributed by atoms with van der Waals surface area (Å²) in [5, 5.41) is 8.54. The molecule has 0 saturated carbocycles. The summed E-state index contributed by atoms with van der Waals surface area (Å²) in [7, 11) is -14.1. The van der Waals surface area contributed by atoms with E-state index in [-0.39, 0.29) is 125 Å². The second kappa shape index (κ2) is 31.0. The molecule has 1 aromatic rings. The maximum absolute atomic E-state index is 9.29. The molecule has 0 amide bonds. The molecule has 0 fully saturated rings. The van der Waals surface area contributed by atoms with Crippen molar-refractivity contribution in [1.29, 1.82) is 0 Å². The first-order valence-electron chi connectivity index (χ1n) is 5.03. The second-order valence-corrected chi connectivity index (χ2v) is 6.48. The van der Waals surface area contributed by atoms with Crippen molar-refractivity contribution < 1.29 is 170 Å². The third-order valence-electron chi connectivity index (χ3n) is 1.36. The van der Waals surface area contributed by atoms with Crippen molar-refractivity contribution in [2.24, 2.45) is 0 Å². The van der Waals surface area contributed by atoms with E-state index < -0.39 is 33.0 Å². The summed E-state index contributed by atoms with van der Waals surface area (Å²) in [6, 6.07) is 9.52. The zero-order valence-electron chi connectivity index (χ0n) is 14.6. The topological polar surface area (TPSA) is 199 Å². The standard InChI is InChI=1S/C7H8O.4Na.2H4O5P2/c8-6-7-4-2-1-3-5-7;;;;;2*1-6(2)5-7(3)4/h1-5,8H,6H2;;;;;2*6-7H,(H,1,2)(H,3,4)/q;4*+1;;/p-4. The predicted molar refractivity (Wildman–Crippen MR) is 70.5 cm³/mol. The van der Waals surface area contributed by atoms with E-state index in [0.29, 0.717) is 0 Å². The van der Waals surface area contributed by atoms with Gasteiger partial charge in [0.15, 0.2) is 0 Å². The molecule has 130 valence electrons. The first-order chi connectivity index (χ1) is 10.2. The van der Waals surface area contributed by atoms with Crippen molar-refractivity contribution in [3.05, 3.63) is 35.9 Å². The van der Waals surface area contributed by atoms with E-state index in [2.05, 4.69) is 8.62 Å². The van der Waals surface area contributed by atoms with Crippen LogP contribution in [0.25, 0.3) is 0 Å². The van der Waals surface area contributed by atoms with E-state index in [1.165, 1.54) is 0 Å². The van der Waals surface area contributed by atoms with Gasteiger partial charge < -0.3 is 42.9 Å². The van der Waals surface area contributed by atoms with Gasteiger partial charge in [-0.05, 0) is 5.56 Å². The van der Waals surface area contributed by atoms with E-state index in [1.807, 2.05) is 30.3 Å². The molecule has 0 aliphatic heterocycles. The Morgan fingerprint density at radius 3 is 1.08 bits per heavy atom. The van der Waals surface area contributed by atoms with E-state index in [1.54, 1.807) is 0 Å². The molecule has 0 saturated heterocycles. The van der Waals surface area contributed by atoms with Crippen molar-refractivity contribution in [1.82, 2.24) is 0 Å². The number of rotatable bonds is 5. The van der Waals surface area contributed by atoms with E-state index in [9.17, 15) is 37.8 Å². The van der Waals surface area contributed by atoms with Crippen LogP contribution in [0.15, 0.2) is 30.3 Å². The molecule has 0 spiro atoms. The number of aliphatic hydroxyl groups excluding tert-OH is 1. The van der Waals surface area contributed by atoms with Crippen LogP contribution < -0.4 is 138 Å².